The molecule has 14 heteroatoms. The predicted octanol–water partition coefficient (Wildman–Crippen LogP) is 7.95. The van der Waals surface area contributed by atoms with E-state index in [1.54, 1.807) is 5.32 Å². The lowest BCUT2D eigenvalue weighted by molar-refractivity contribution is -0.117. The molecule has 0 heterocycles. The summed E-state index contributed by atoms with van der Waals surface area (Å²) in [5.41, 5.74) is 2.33. The first-order valence-electron chi connectivity index (χ1n) is 9.98. The molecule has 0 bridgehead atoms. The van der Waals surface area contributed by atoms with Crippen LogP contribution in [0.5, 0.6) is 0 Å². The smallest absolute Gasteiger partial charge is 0.257 e. The summed E-state index contributed by atoms with van der Waals surface area (Å²) in [5, 5.41) is 4.52. The molecule has 3 rings (SSSR count). The van der Waals surface area contributed by atoms with Crippen molar-refractivity contribution in [2.24, 2.45) is 0 Å². The molecule has 1 unspecified atom stereocenters. The minimum Gasteiger partial charge on any atom is -0.394 e. The van der Waals surface area contributed by atoms with Crippen LogP contribution >= 0.6 is 58.0 Å². The van der Waals surface area contributed by atoms with Crippen LogP contribution in [0.1, 0.15) is 28.8 Å². The summed E-state index contributed by atoms with van der Waals surface area (Å²) in [7, 11) is 0. The van der Waals surface area contributed by atoms with E-state index < -0.39 is 56.7 Å². The normalized spacial score (nSPS) is 12.3. The van der Waals surface area contributed by atoms with Gasteiger partial charge in [0.1, 0.15) is 15.7 Å². The van der Waals surface area contributed by atoms with Crippen molar-refractivity contribution in [1.29, 1.82) is 0 Å². The zero-order valence-electron chi connectivity index (χ0n) is 18.3. The van der Waals surface area contributed by atoms with Gasteiger partial charge in [-0.3, -0.25) is 9.59 Å². The van der Waals surface area contributed by atoms with E-state index >= 15 is 0 Å². The van der Waals surface area contributed by atoms with Crippen LogP contribution in [-0.2, 0) is 4.79 Å². The fourth-order valence-electron chi connectivity index (χ4n) is 3.35. The highest BCUT2D eigenvalue weighted by Crippen LogP contribution is 2.40. The number of benzene rings is 3. The number of hydrogen-bond acceptors (Lipinski definition) is 3. The lowest BCUT2D eigenvalue weighted by atomic mass is 9.94. The summed E-state index contributed by atoms with van der Waals surface area (Å²) in [6.45, 7) is 1.37. The largest absolute Gasteiger partial charge is 0.394 e. The molecule has 0 radical (unpaired) electrons. The van der Waals surface area contributed by atoms with Crippen molar-refractivity contribution < 1.29 is 27.2 Å². The number of amides is 2. The van der Waals surface area contributed by atoms with E-state index in [1.165, 1.54) is 37.3 Å². The fraction of sp³-hybridized carbons (Fsp3) is 0.130. The molecule has 0 aliphatic heterocycles. The average Bonchev–Trinajstić information content (AvgIpc) is 2.78. The van der Waals surface area contributed by atoms with Gasteiger partial charge in [-0.1, -0.05) is 34.8 Å². The average molecular weight is 618 g/mol. The predicted molar refractivity (Wildman–Crippen MR) is 138 cm³/mol. The van der Waals surface area contributed by atoms with Crippen LogP contribution < -0.4 is 16.4 Å². The SMILES string of the molecule is CC(Cl)(Cl)C(C(=O)Nc1ccc(Cl)c(C(=O)Nc2c(F)c(N)c(F)c(F)c2F)c1)c1cc(Cl)cc(Cl)c1. The van der Waals surface area contributed by atoms with Gasteiger partial charge in [0.25, 0.3) is 5.91 Å². The van der Waals surface area contributed by atoms with E-state index in [0.29, 0.717) is 0 Å². The van der Waals surface area contributed by atoms with Gasteiger partial charge in [-0.25, -0.2) is 17.6 Å². The van der Waals surface area contributed by atoms with Crippen molar-refractivity contribution in [3.05, 3.63) is 85.9 Å². The Labute approximate surface area is 232 Å². The fourth-order valence-corrected chi connectivity index (χ4v) is 4.55. The molecule has 0 aliphatic rings. The molecular formula is C23H14Cl5F4N3O2. The summed E-state index contributed by atoms with van der Waals surface area (Å²) in [6.07, 6.45) is 0. The van der Waals surface area contributed by atoms with Crippen LogP contribution in [0.4, 0.5) is 34.6 Å². The van der Waals surface area contributed by atoms with Crippen molar-refractivity contribution in [2.75, 3.05) is 16.4 Å². The summed E-state index contributed by atoms with van der Waals surface area (Å²) in [6, 6.07) is 7.91. The van der Waals surface area contributed by atoms with E-state index in [0.717, 1.165) is 6.07 Å². The van der Waals surface area contributed by atoms with Gasteiger partial charge < -0.3 is 16.4 Å². The molecule has 0 aromatic heterocycles. The van der Waals surface area contributed by atoms with E-state index in [4.69, 9.17) is 63.7 Å². The molecule has 0 spiro atoms. The molecule has 0 aliphatic carbocycles. The first kappa shape index (κ1) is 29.1. The van der Waals surface area contributed by atoms with Crippen LogP contribution in [-0.4, -0.2) is 16.1 Å². The standard InChI is InChI=1S/C23H14Cl5F4N3O2/c1-23(27,28)14(8-4-9(24)6-10(25)5-8)22(37)34-11-2-3-13(26)12(7-11)21(36)35-20-17(31)15(29)16(30)19(33)18(20)32/h2-7,14H,33H2,1H3,(H,34,37)(H,35,36). The Balaban J connectivity index is 1.93. The number of alkyl halides is 2. The highest BCUT2D eigenvalue weighted by Gasteiger charge is 2.38. The number of carbonyl (C=O) groups excluding carboxylic acids is 2. The maximum Gasteiger partial charge on any atom is 0.257 e. The third-order valence-corrected chi connectivity index (χ3v) is 6.20. The molecule has 0 fully saturated rings. The molecule has 37 heavy (non-hydrogen) atoms. The van der Waals surface area contributed by atoms with Crippen molar-refractivity contribution in [3.63, 3.8) is 0 Å². The van der Waals surface area contributed by atoms with Gasteiger partial charge in [0, 0.05) is 15.7 Å². The molecule has 0 saturated heterocycles. The van der Waals surface area contributed by atoms with Crippen LogP contribution in [0, 0.1) is 23.3 Å². The van der Waals surface area contributed by atoms with Gasteiger partial charge in [-0.2, -0.15) is 0 Å². The Kier molecular flexibility index (Phi) is 8.76. The second-order valence-electron chi connectivity index (χ2n) is 7.77. The maximum absolute atomic E-state index is 14.2. The lowest BCUT2D eigenvalue weighted by Crippen LogP contribution is -2.32. The van der Waals surface area contributed by atoms with E-state index in [1.807, 2.05) is 0 Å². The molecule has 0 saturated carbocycles. The second kappa shape index (κ2) is 11.1. The maximum atomic E-state index is 14.2. The number of anilines is 3. The third kappa shape index (κ3) is 6.35. The molecule has 3 aromatic rings. The van der Waals surface area contributed by atoms with Gasteiger partial charge >= 0.3 is 0 Å². The molecular weight excluding hydrogens is 604 g/mol. The lowest BCUT2D eigenvalue weighted by Gasteiger charge is -2.26. The van der Waals surface area contributed by atoms with E-state index in [-0.39, 0.29) is 31.9 Å². The third-order valence-electron chi connectivity index (χ3n) is 5.00. The summed E-state index contributed by atoms with van der Waals surface area (Å²) >= 11 is 30.6. The topological polar surface area (TPSA) is 84.2 Å². The number of nitrogen functional groups attached to an aromatic ring is 1. The van der Waals surface area contributed by atoms with Gasteiger partial charge in [0.15, 0.2) is 23.3 Å². The molecule has 5 nitrogen and oxygen atoms in total. The van der Waals surface area contributed by atoms with Crippen molar-refractivity contribution in [1.82, 2.24) is 0 Å². The Morgan fingerprint density at radius 3 is 2.03 bits per heavy atom. The van der Waals surface area contributed by atoms with Gasteiger partial charge in [0.2, 0.25) is 5.91 Å². The molecule has 1 atom stereocenters. The Morgan fingerprint density at radius 2 is 1.46 bits per heavy atom. The van der Waals surface area contributed by atoms with Crippen molar-refractivity contribution >= 4 is 86.9 Å². The molecule has 2 amide bonds. The Bertz CT molecular complexity index is 1370. The molecule has 3 aromatic carbocycles. The van der Waals surface area contributed by atoms with E-state index in [2.05, 4.69) is 5.32 Å². The molecule has 4 N–H and O–H groups in total. The molecule has 196 valence electrons. The minimum absolute atomic E-state index is 0.000928. The number of carbonyl (C=O) groups is 2. The number of rotatable bonds is 6. The van der Waals surface area contributed by atoms with Gasteiger partial charge in [-0.15, -0.1) is 23.2 Å². The zero-order valence-corrected chi connectivity index (χ0v) is 22.1. The van der Waals surface area contributed by atoms with E-state index in [9.17, 15) is 27.2 Å². The highest BCUT2D eigenvalue weighted by atomic mass is 35.5. The van der Waals surface area contributed by atoms with Crippen LogP contribution in [0.15, 0.2) is 36.4 Å². The Morgan fingerprint density at radius 1 is 0.865 bits per heavy atom. The Hall–Kier alpha value is -2.43. The summed E-state index contributed by atoms with van der Waals surface area (Å²) < 4.78 is 53.8. The number of nitrogens with two attached hydrogens (primary N) is 1. The number of halogens is 9. The minimum atomic E-state index is -2.08. The van der Waals surface area contributed by atoms with Gasteiger partial charge in [0.05, 0.1) is 16.5 Å². The van der Waals surface area contributed by atoms with Crippen LogP contribution in [0.2, 0.25) is 15.1 Å². The summed E-state index contributed by atoms with van der Waals surface area (Å²) in [5.74, 6) is -10.9. The van der Waals surface area contributed by atoms with Crippen LogP contribution in [0.25, 0.3) is 0 Å². The second-order valence-corrected chi connectivity index (χ2v) is 10.8. The number of nitrogens with one attached hydrogen (secondary N) is 2. The van der Waals surface area contributed by atoms with Gasteiger partial charge in [-0.05, 0) is 48.9 Å². The quantitative estimate of drug-likeness (QED) is 0.0863. The van der Waals surface area contributed by atoms with Crippen molar-refractivity contribution in [2.45, 2.75) is 17.2 Å². The monoisotopic (exact) mass is 615 g/mol. The van der Waals surface area contributed by atoms with Crippen LogP contribution in [0.3, 0.4) is 0 Å². The number of hydrogen-bond donors (Lipinski definition) is 3. The first-order valence-corrected chi connectivity index (χ1v) is 11.9. The van der Waals surface area contributed by atoms with Crippen molar-refractivity contribution in [3.8, 4) is 0 Å². The first-order chi connectivity index (χ1) is 17.1. The highest BCUT2D eigenvalue weighted by molar-refractivity contribution is 6.50. The summed E-state index contributed by atoms with van der Waals surface area (Å²) in [4.78, 5) is 25.8. The zero-order chi connectivity index (χ0) is 27.8.